The zero-order valence-electron chi connectivity index (χ0n) is 14.7. The predicted molar refractivity (Wildman–Crippen MR) is 95.6 cm³/mol. The first kappa shape index (κ1) is 17.0. The molecule has 8 nitrogen and oxygen atoms in total. The fourth-order valence-corrected chi connectivity index (χ4v) is 3.26. The second-order valence-electron chi connectivity index (χ2n) is 6.60. The van der Waals surface area contributed by atoms with E-state index in [0.717, 1.165) is 16.2 Å². The normalized spacial score (nSPS) is 22.2. The average Bonchev–Trinajstić information content (AvgIpc) is 3.41. The van der Waals surface area contributed by atoms with Gasteiger partial charge < -0.3 is 9.73 Å². The zero-order chi connectivity index (χ0) is 19.0. The van der Waals surface area contributed by atoms with Crippen LogP contribution >= 0.6 is 0 Å². The number of hydrogen-bond acceptors (Lipinski definition) is 5. The smallest absolute Gasteiger partial charge is 0.325 e. The molecule has 1 atom stereocenters. The van der Waals surface area contributed by atoms with Crippen molar-refractivity contribution >= 4 is 23.6 Å². The van der Waals surface area contributed by atoms with Gasteiger partial charge in [-0.1, -0.05) is 30.3 Å². The van der Waals surface area contributed by atoms with Gasteiger partial charge >= 0.3 is 6.03 Å². The minimum Gasteiger partial charge on any atom is -0.466 e. The molecule has 2 aromatic rings. The molecule has 0 bridgehead atoms. The molecule has 1 aromatic carbocycles. The van der Waals surface area contributed by atoms with Crippen LogP contribution in [-0.4, -0.2) is 46.6 Å². The lowest BCUT2D eigenvalue weighted by Gasteiger charge is -2.19. The molecule has 4 amide bonds. The molecule has 1 N–H and O–H groups in total. The van der Waals surface area contributed by atoms with Crippen LogP contribution in [0, 0.1) is 0 Å². The van der Waals surface area contributed by atoms with Gasteiger partial charge in [-0.05, 0) is 24.6 Å². The summed E-state index contributed by atoms with van der Waals surface area (Å²) in [6, 6.07) is 12.2. The number of amides is 4. The number of hydrogen-bond donors (Lipinski definition) is 1. The highest BCUT2D eigenvalue weighted by Crippen LogP contribution is 2.29. The lowest BCUT2D eigenvalue weighted by atomic mass is 9.99. The molecular formula is C19H18N4O4. The van der Waals surface area contributed by atoms with Crippen LogP contribution < -0.4 is 5.32 Å². The van der Waals surface area contributed by atoms with Crippen molar-refractivity contribution in [3.63, 3.8) is 0 Å². The van der Waals surface area contributed by atoms with Gasteiger partial charge in [0.15, 0.2) is 5.54 Å². The van der Waals surface area contributed by atoms with Crippen LogP contribution in [0.2, 0.25) is 0 Å². The van der Waals surface area contributed by atoms with E-state index in [2.05, 4.69) is 10.4 Å². The van der Waals surface area contributed by atoms with Gasteiger partial charge in [0.1, 0.15) is 12.3 Å². The summed E-state index contributed by atoms with van der Waals surface area (Å²) in [6.07, 6.45) is 2.05. The van der Waals surface area contributed by atoms with Crippen molar-refractivity contribution in [1.29, 1.82) is 0 Å². The van der Waals surface area contributed by atoms with Crippen molar-refractivity contribution in [3.8, 4) is 0 Å². The molecule has 27 heavy (non-hydrogen) atoms. The molecular weight excluding hydrogens is 348 g/mol. The maximum atomic E-state index is 12.7. The molecule has 0 aliphatic carbocycles. The number of urea groups is 1. The van der Waals surface area contributed by atoms with E-state index in [9.17, 15) is 14.4 Å². The van der Waals surface area contributed by atoms with Crippen molar-refractivity contribution in [2.75, 3.05) is 13.1 Å². The van der Waals surface area contributed by atoms with Crippen LogP contribution in [0.4, 0.5) is 4.79 Å². The van der Waals surface area contributed by atoms with Gasteiger partial charge in [-0.2, -0.15) is 5.10 Å². The van der Waals surface area contributed by atoms with E-state index in [1.807, 2.05) is 30.3 Å². The lowest BCUT2D eigenvalue weighted by Crippen LogP contribution is -2.43. The Morgan fingerprint density at radius 3 is 2.70 bits per heavy atom. The molecule has 0 unspecified atom stereocenters. The van der Waals surface area contributed by atoms with Crippen LogP contribution in [-0.2, 0) is 15.1 Å². The lowest BCUT2D eigenvalue weighted by molar-refractivity contribution is -0.138. The molecule has 2 aliphatic rings. The first-order chi connectivity index (χ1) is 13.0. The molecule has 2 aliphatic heterocycles. The summed E-state index contributed by atoms with van der Waals surface area (Å²) < 4.78 is 5.28. The molecule has 1 aromatic heterocycles. The maximum Gasteiger partial charge on any atom is 0.325 e. The monoisotopic (exact) mass is 366 g/mol. The van der Waals surface area contributed by atoms with Gasteiger partial charge in [0.2, 0.25) is 0 Å². The number of nitrogens with zero attached hydrogens (tertiary/aromatic N) is 3. The summed E-state index contributed by atoms with van der Waals surface area (Å²) in [6.45, 7) is 1.60. The van der Waals surface area contributed by atoms with Gasteiger partial charge in [-0.25, -0.2) is 9.80 Å². The molecule has 1 fully saturated rings. The zero-order valence-corrected chi connectivity index (χ0v) is 14.7. The van der Waals surface area contributed by atoms with Crippen LogP contribution in [0.1, 0.15) is 24.7 Å². The topological polar surface area (TPSA) is 95.2 Å². The van der Waals surface area contributed by atoms with E-state index in [4.69, 9.17) is 4.42 Å². The number of rotatable bonds is 4. The fraction of sp³-hybridized carbons (Fsp3) is 0.263. The first-order valence-electron chi connectivity index (χ1n) is 8.60. The van der Waals surface area contributed by atoms with E-state index in [-0.39, 0.29) is 6.54 Å². The second-order valence-corrected chi connectivity index (χ2v) is 6.60. The SMILES string of the molecule is C[C@]1(c2ccco2)NC(=O)N(CC(=O)N2CCC(c3ccccc3)=N2)C1=O. The summed E-state index contributed by atoms with van der Waals surface area (Å²) >= 11 is 0. The van der Waals surface area contributed by atoms with Gasteiger partial charge in [-0.15, -0.1) is 0 Å². The quantitative estimate of drug-likeness (QED) is 0.833. The number of imide groups is 1. The third-order valence-electron chi connectivity index (χ3n) is 4.78. The number of hydrazone groups is 1. The van der Waals surface area contributed by atoms with E-state index >= 15 is 0 Å². The Morgan fingerprint density at radius 1 is 1.22 bits per heavy atom. The Balaban J connectivity index is 1.48. The van der Waals surface area contributed by atoms with Crippen molar-refractivity contribution in [2.45, 2.75) is 18.9 Å². The molecule has 0 radical (unpaired) electrons. The number of carbonyl (C=O) groups excluding carboxylic acids is 3. The Labute approximate surface area is 155 Å². The Kier molecular flexibility index (Phi) is 4.02. The highest BCUT2D eigenvalue weighted by molar-refractivity contribution is 6.09. The average molecular weight is 366 g/mol. The Morgan fingerprint density at radius 2 is 2.00 bits per heavy atom. The number of carbonyl (C=O) groups is 3. The summed E-state index contributed by atoms with van der Waals surface area (Å²) in [5, 5.41) is 8.26. The molecule has 3 heterocycles. The standard InChI is InChI=1S/C19H18N4O4/c1-19(15-8-5-11-27-15)17(25)22(18(26)20-19)12-16(24)23-10-9-14(21-23)13-6-3-2-4-7-13/h2-8,11H,9-10,12H2,1H3,(H,20,26)/t19-/m1/s1. The third kappa shape index (κ3) is 2.88. The first-order valence-corrected chi connectivity index (χ1v) is 8.60. The maximum absolute atomic E-state index is 12.7. The van der Waals surface area contributed by atoms with E-state index in [1.54, 1.807) is 19.1 Å². The van der Waals surface area contributed by atoms with Gasteiger partial charge in [0.05, 0.1) is 18.5 Å². The summed E-state index contributed by atoms with van der Waals surface area (Å²) in [5.41, 5.74) is 0.444. The van der Waals surface area contributed by atoms with Crippen molar-refractivity contribution in [3.05, 3.63) is 60.1 Å². The van der Waals surface area contributed by atoms with E-state index in [0.29, 0.717) is 18.7 Å². The summed E-state index contributed by atoms with van der Waals surface area (Å²) in [5.74, 6) is -0.614. The van der Waals surface area contributed by atoms with Crippen molar-refractivity contribution in [2.24, 2.45) is 5.10 Å². The van der Waals surface area contributed by atoms with Crippen LogP contribution in [0.25, 0.3) is 0 Å². The number of nitrogens with one attached hydrogen (secondary N) is 1. The van der Waals surface area contributed by atoms with Crippen LogP contribution in [0.3, 0.4) is 0 Å². The van der Waals surface area contributed by atoms with Crippen molar-refractivity contribution < 1.29 is 18.8 Å². The molecule has 138 valence electrons. The third-order valence-corrected chi connectivity index (χ3v) is 4.78. The van der Waals surface area contributed by atoms with E-state index < -0.39 is 23.4 Å². The Bertz CT molecular complexity index is 922. The number of furan rings is 1. The molecule has 4 rings (SSSR count). The second kappa shape index (κ2) is 6.39. The highest BCUT2D eigenvalue weighted by Gasteiger charge is 2.51. The fourth-order valence-electron chi connectivity index (χ4n) is 3.26. The summed E-state index contributed by atoms with van der Waals surface area (Å²) in [7, 11) is 0. The van der Waals surface area contributed by atoms with Gasteiger partial charge in [0, 0.05) is 6.42 Å². The van der Waals surface area contributed by atoms with E-state index in [1.165, 1.54) is 11.3 Å². The predicted octanol–water partition coefficient (Wildman–Crippen LogP) is 1.68. The molecule has 1 saturated heterocycles. The van der Waals surface area contributed by atoms with Crippen LogP contribution in [0.15, 0.2) is 58.2 Å². The highest BCUT2D eigenvalue weighted by atomic mass is 16.3. The molecule has 0 saturated carbocycles. The summed E-state index contributed by atoms with van der Waals surface area (Å²) in [4.78, 5) is 38.5. The number of benzene rings is 1. The molecule has 0 spiro atoms. The minimum atomic E-state index is -1.32. The Hall–Kier alpha value is -3.42. The van der Waals surface area contributed by atoms with Crippen LogP contribution in [0.5, 0.6) is 0 Å². The minimum absolute atomic E-state index is 0.321. The van der Waals surface area contributed by atoms with Gasteiger partial charge in [0.25, 0.3) is 11.8 Å². The van der Waals surface area contributed by atoms with Gasteiger partial charge in [-0.3, -0.25) is 14.5 Å². The van der Waals surface area contributed by atoms with Crippen molar-refractivity contribution in [1.82, 2.24) is 15.2 Å². The largest absolute Gasteiger partial charge is 0.466 e. The molecule has 8 heteroatoms.